The first-order valence-electron chi connectivity index (χ1n) is 23.8. The average molecular weight is 913 g/mol. The normalized spacial score (nSPS) is 15.3. The van der Waals surface area contributed by atoms with E-state index in [-0.39, 0.29) is 10.8 Å². The van der Waals surface area contributed by atoms with Crippen LogP contribution in [-0.4, -0.2) is 4.57 Å². The molecule has 0 spiro atoms. The minimum atomic E-state index is -0.134. The lowest BCUT2D eigenvalue weighted by Crippen LogP contribution is -2.16. The minimum absolute atomic E-state index is 0.0461. The molecule has 0 atom stereocenters. The topological polar surface area (TPSA) is 8.17 Å². The first-order valence-corrected chi connectivity index (χ1v) is 25.4. The summed E-state index contributed by atoms with van der Waals surface area (Å²) >= 11 is 6.44. The van der Waals surface area contributed by atoms with Gasteiger partial charge in [0, 0.05) is 50.2 Å². The second kappa shape index (κ2) is 19.6. The molecule has 7 aromatic rings. The number of aromatic nitrogens is 1. The molecule has 0 radical (unpaired) electrons. The van der Waals surface area contributed by atoms with E-state index in [1.165, 1.54) is 94.6 Å². The Morgan fingerprint density at radius 3 is 1.81 bits per heavy atom. The Labute approximate surface area is 410 Å². The first-order chi connectivity index (χ1) is 32.5. The van der Waals surface area contributed by atoms with Crippen LogP contribution in [0.2, 0.25) is 0 Å². The number of para-hydroxylation sites is 1. The fourth-order valence-corrected chi connectivity index (χ4v) is 10.9. The summed E-state index contributed by atoms with van der Waals surface area (Å²) < 4.78 is 2.46. The highest BCUT2D eigenvalue weighted by Crippen LogP contribution is 2.51. The third kappa shape index (κ3) is 8.23. The van der Waals surface area contributed by atoms with Crippen molar-refractivity contribution in [3.05, 3.63) is 221 Å². The molecule has 10 rings (SSSR count). The lowest BCUT2D eigenvalue weighted by Gasteiger charge is -2.28. The van der Waals surface area contributed by atoms with E-state index in [9.17, 15) is 0 Å². The van der Waals surface area contributed by atoms with Crippen molar-refractivity contribution < 1.29 is 0 Å². The number of anilines is 3. The number of rotatable bonds is 9. The summed E-state index contributed by atoms with van der Waals surface area (Å²) in [6.07, 6.45) is 17.6. The van der Waals surface area contributed by atoms with Gasteiger partial charge in [0.2, 0.25) is 0 Å². The standard InChI is InChI=1S/C61H56N2.C2H6.H2S2/c1-9-16-50-53-39-48(35-37-56(53)60(5,6)54(50)11-3)62(46-31-26-43(27-32-46)44-28-36-49-40(4)55(17-10-2)61(7,8)57(49)38-44)45-29-22-41(23-30-45)42-24-33-47(34-25-42)63-58-20-14-12-18-51(58)52-19-13-15-21-59(52)63;2*1-2/h9-14,16-20,22-39H,3,15,21H2,1-2,4-8H3;1-2H3;1-2H/b16-9-,17-10-;;. The van der Waals surface area contributed by atoms with Gasteiger partial charge in [-0.1, -0.05) is 163 Å². The maximum Gasteiger partial charge on any atom is 0.0537 e. The smallest absolute Gasteiger partial charge is 0.0537 e. The third-order valence-corrected chi connectivity index (χ3v) is 14.1. The fourth-order valence-electron chi connectivity index (χ4n) is 10.9. The van der Waals surface area contributed by atoms with Crippen molar-refractivity contribution >= 4 is 68.5 Å². The Morgan fingerprint density at radius 2 is 1.18 bits per heavy atom. The Bertz CT molecular complexity index is 3130. The minimum Gasteiger partial charge on any atom is -0.313 e. The SMILES string of the molecule is C=CC1=C(/C=C\C)c2cc(N(c3ccc(-c4ccc(-n5c6c(c7ccccc75)C=CCC6)cc4)cc3)c3ccc(-c4ccc5c(c4)C(C)(C)C(/C=C\C)=C5C)cc3)ccc2C1(C)C.CC.SS. The number of hydrogen-bond acceptors (Lipinski definition) is 3. The van der Waals surface area contributed by atoms with Crippen LogP contribution in [0.3, 0.4) is 0 Å². The zero-order valence-corrected chi connectivity index (χ0v) is 42.4. The van der Waals surface area contributed by atoms with Crippen LogP contribution in [0.5, 0.6) is 0 Å². The molecule has 6 aromatic carbocycles. The van der Waals surface area contributed by atoms with Gasteiger partial charge in [-0.05, 0) is 161 Å². The molecule has 0 N–H and O–H groups in total. The number of nitrogens with zero attached hydrogens (tertiary/aromatic N) is 2. The molecule has 338 valence electrons. The summed E-state index contributed by atoms with van der Waals surface area (Å²) in [5.41, 5.74) is 23.9. The molecule has 3 aliphatic rings. The molecule has 1 aromatic heterocycles. The molecule has 67 heavy (non-hydrogen) atoms. The van der Waals surface area contributed by atoms with Crippen LogP contribution >= 0.6 is 23.3 Å². The largest absolute Gasteiger partial charge is 0.313 e. The zero-order valence-electron chi connectivity index (χ0n) is 40.7. The Morgan fingerprint density at radius 1 is 0.612 bits per heavy atom. The maximum atomic E-state index is 4.25. The summed E-state index contributed by atoms with van der Waals surface area (Å²) in [6, 6.07) is 50.1. The van der Waals surface area contributed by atoms with Gasteiger partial charge in [0.25, 0.3) is 0 Å². The molecule has 0 fully saturated rings. The number of hydrogen-bond donors (Lipinski definition) is 2. The predicted octanol–water partition coefficient (Wildman–Crippen LogP) is 18.6. The molecule has 0 unspecified atom stereocenters. The molecule has 0 saturated carbocycles. The van der Waals surface area contributed by atoms with Crippen molar-refractivity contribution in [1.82, 2.24) is 4.57 Å². The van der Waals surface area contributed by atoms with Crippen molar-refractivity contribution in [2.45, 2.75) is 86.0 Å². The molecular weight excluding hydrogens is 849 g/mol. The second-order valence-corrected chi connectivity index (χ2v) is 18.4. The number of benzene rings is 6. The van der Waals surface area contributed by atoms with E-state index in [0.29, 0.717) is 0 Å². The van der Waals surface area contributed by atoms with Gasteiger partial charge in [-0.3, -0.25) is 0 Å². The number of allylic oxidation sites excluding steroid dienone is 10. The van der Waals surface area contributed by atoms with Crippen LogP contribution in [0.25, 0.3) is 56.1 Å². The van der Waals surface area contributed by atoms with Crippen LogP contribution < -0.4 is 4.90 Å². The highest BCUT2D eigenvalue weighted by atomic mass is 33.1. The van der Waals surface area contributed by atoms with Crippen LogP contribution in [0.1, 0.15) is 102 Å². The van der Waals surface area contributed by atoms with Crippen molar-refractivity contribution in [2.24, 2.45) is 0 Å². The molecule has 2 nitrogen and oxygen atoms in total. The van der Waals surface area contributed by atoms with Gasteiger partial charge in [-0.2, -0.15) is 0 Å². The molecule has 0 amide bonds. The van der Waals surface area contributed by atoms with E-state index in [1.807, 2.05) is 19.9 Å². The average Bonchev–Trinajstić information content (AvgIpc) is 3.89. The molecule has 4 heteroatoms. The monoisotopic (exact) mass is 912 g/mol. The fraction of sp³-hybridized carbons (Fsp3) is 0.206. The van der Waals surface area contributed by atoms with Gasteiger partial charge in [0.1, 0.15) is 0 Å². The van der Waals surface area contributed by atoms with Gasteiger partial charge in [0.05, 0.1) is 5.52 Å². The summed E-state index contributed by atoms with van der Waals surface area (Å²) in [5, 5.41) is 1.32. The van der Waals surface area contributed by atoms with Crippen LogP contribution in [-0.2, 0) is 17.3 Å². The Hall–Kier alpha value is -6.20. The molecule has 1 heterocycles. The molecule has 0 bridgehead atoms. The zero-order chi connectivity index (χ0) is 47.6. The summed E-state index contributed by atoms with van der Waals surface area (Å²) in [5.74, 6) is 0. The van der Waals surface area contributed by atoms with Crippen molar-refractivity contribution in [3.8, 4) is 27.9 Å². The molecule has 0 aliphatic heterocycles. The van der Waals surface area contributed by atoms with Gasteiger partial charge < -0.3 is 9.47 Å². The molecule has 0 saturated heterocycles. The highest BCUT2D eigenvalue weighted by molar-refractivity contribution is 8.59. The van der Waals surface area contributed by atoms with Crippen LogP contribution in [0.15, 0.2) is 188 Å². The van der Waals surface area contributed by atoms with Gasteiger partial charge >= 0.3 is 0 Å². The van der Waals surface area contributed by atoms with E-state index in [2.05, 4.69) is 258 Å². The lowest BCUT2D eigenvalue weighted by atomic mass is 9.80. The van der Waals surface area contributed by atoms with Crippen LogP contribution in [0, 0.1) is 0 Å². The quantitative estimate of drug-likeness (QED) is 0.108. The molecule has 3 aliphatic carbocycles. The summed E-state index contributed by atoms with van der Waals surface area (Å²) in [6.45, 7) is 24.0. The van der Waals surface area contributed by atoms with Crippen molar-refractivity contribution in [1.29, 1.82) is 0 Å². The first kappa shape index (κ1) is 47.3. The van der Waals surface area contributed by atoms with Crippen LogP contribution in [0.4, 0.5) is 17.1 Å². The van der Waals surface area contributed by atoms with E-state index >= 15 is 0 Å². The van der Waals surface area contributed by atoms with Gasteiger partial charge in [-0.25, -0.2) is 0 Å². The van der Waals surface area contributed by atoms with Crippen molar-refractivity contribution in [3.63, 3.8) is 0 Å². The second-order valence-electron chi connectivity index (χ2n) is 18.4. The van der Waals surface area contributed by atoms with E-state index in [4.69, 9.17) is 0 Å². The van der Waals surface area contributed by atoms with E-state index in [0.717, 1.165) is 29.9 Å². The van der Waals surface area contributed by atoms with Crippen molar-refractivity contribution in [2.75, 3.05) is 4.90 Å². The lowest BCUT2D eigenvalue weighted by molar-refractivity contribution is 0.654. The highest BCUT2D eigenvalue weighted by Gasteiger charge is 2.37. The van der Waals surface area contributed by atoms with E-state index in [1.54, 1.807) is 0 Å². The summed E-state index contributed by atoms with van der Waals surface area (Å²) in [7, 11) is 0. The summed E-state index contributed by atoms with van der Waals surface area (Å²) in [4.78, 5) is 2.40. The van der Waals surface area contributed by atoms with Gasteiger partial charge in [0.15, 0.2) is 0 Å². The third-order valence-electron chi connectivity index (χ3n) is 14.1. The van der Waals surface area contributed by atoms with E-state index < -0.39 is 0 Å². The number of thiol groups is 2. The Balaban J connectivity index is 0.00000148. The molecular formula is C63H64N2S2. The Kier molecular flexibility index (Phi) is 13.8. The number of fused-ring (bicyclic) bond motifs is 5. The van der Waals surface area contributed by atoms with Gasteiger partial charge in [-0.15, -0.1) is 23.3 Å². The maximum absolute atomic E-state index is 4.25. The predicted molar refractivity (Wildman–Crippen MR) is 301 cm³/mol.